The summed E-state index contributed by atoms with van der Waals surface area (Å²) in [7, 11) is 0. The summed E-state index contributed by atoms with van der Waals surface area (Å²) in [5.74, 6) is 0.451. The molecule has 2 aromatic rings. The molecule has 7 heteroatoms. The number of piperazine rings is 1. The van der Waals surface area contributed by atoms with Crippen molar-refractivity contribution < 1.29 is 14.0 Å². The highest BCUT2D eigenvalue weighted by molar-refractivity contribution is 5.91. The fourth-order valence-corrected chi connectivity index (χ4v) is 3.04. The largest absolute Gasteiger partial charge is 0.437 e. The van der Waals surface area contributed by atoms with Gasteiger partial charge in [-0.2, -0.15) is 0 Å². The molecule has 0 bridgehead atoms. The number of amides is 2. The molecule has 2 amide bonds. The van der Waals surface area contributed by atoms with Crippen LogP contribution in [0.5, 0.6) is 0 Å². The molecule has 1 aromatic carbocycles. The predicted octanol–water partition coefficient (Wildman–Crippen LogP) is 1.26. The van der Waals surface area contributed by atoms with Gasteiger partial charge in [-0.3, -0.25) is 14.5 Å². The number of carbonyl (C=O) groups is 2. The molecule has 0 unspecified atom stereocenters. The van der Waals surface area contributed by atoms with Gasteiger partial charge in [0.1, 0.15) is 5.52 Å². The summed E-state index contributed by atoms with van der Waals surface area (Å²) in [5, 5.41) is 2.99. The highest BCUT2D eigenvalue weighted by atomic mass is 16.3. The van der Waals surface area contributed by atoms with E-state index in [9.17, 15) is 9.59 Å². The van der Waals surface area contributed by atoms with Gasteiger partial charge in [0.2, 0.25) is 17.7 Å². The van der Waals surface area contributed by atoms with Gasteiger partial charge in [-0.1, -0.05) is 12.1 Å². The van der Waals surface area contributed by atoms with E-state index in [1.165, 1.54) is 6.08 Å². The fraction of sp³-hybridized carbons (Fsp3) is 0.421. The number of hydrogen-bond donors (Lipinski definition) is 1. The first-order valence-electron chi connectivity index (χ1n) is 9.02. The Kier molecular flexibility index (Phi) is 4.71. The Morgan fingerprint density at radius 2 is 1.96 bits per heavy atom. The molecule has 7 nitrogen and oxygen atoms in total. The maximum atomic E-state index is 12.3. The number of nitrogens with one attached hydrogen (secondary N) is 1. The SMILES string of the molecule is O=C(CN1CCN(C(=O)C=Cc2nc3ccccc3o2)CC1)NC1CC1. The van der Waals surface area contributed by atoms with E-state index in [0.29, 0.717) is 50.2 Å². The van der Waals surface area contributed by atoms with Crippen LogP contribution in [0.4, 0.5) is 0 Å². The molecule has 2 heterocycles. The summed E-state index contributed by atoms with van der Waals surface area (Å²) < 4.78 is 5.58. The summed E-state index contributed by atoms with van der Waals surface area (Å²) >= 11 is 0. The Labute approximate surface area is 151 Å². The van der Waals surface area contributed by atoms with Crippen molar-refractivity contribution in [1.82, 2.24) is 20.1 Å². The average molecular weight is 354 g/mol. The smallest absolute Gasteiger partial charge is 0.246 e. The number of carbonyl (C=O) groups excluding carboxylic acids is 2. The molecule has 0 atom stereocenters. The number of nitrogens with zero attached hydrogens (tertiary/aromatic N) is 3. The summed E-state index contributed by atoms with van der Waals surface area (Å²) in [6.07, 6.45) is 5.30. The van der Waals surface area contributed by atoms with Gasteiger partial charge in [0.15, 0.2) is 5.58 Å². The third-order valence-electron chi connectivity index (χ3n) is 4.67. The van der Waals surface area contributed by atoms with Crippen molar-refractivity contribution in [3.8, 4) is 0 Å². The van der Waals surface area contributed by atoms with Crippen molar-refractivity contribution in [1.29, 1.82) is 0 Å². The van der Waals surface area contributed by atoms with Gasteiger partial charge < -0.3 is 14.6 Å². The number of aromatic nitrogens is 1. The van der Waals surface area contributed by atoms with Gasteiger partial charge in [-0.25, -0.2) is 4.98 Å². The fourth-order valence-electron chi connectivity index (χ4n) is 3.04. The Morgan fingerprint density at radius 3 is 2.69 bits per heavy atom. The van der Waals surface area contributed by atoms with E-state index in [-0.39, 0.29) is 11.8 Å². The maximum Gasteiger partial charge on any atom is 0.246 e. The van der Waals surface area contributed by atoms with Gasteiger partial charge >= 0.3 is 0 Å². The minimum atomic E-state index is -0.0608. The zero-order valence-electron chi connectivity index (χ0n) is 14.6. The minimum Gasteiger partial charge on any atom is -0.437 e. The molecule has 0 radical (unpaired) electrons. The van der Waals surface area contributed by atoms with Crippen LogP contribution in [-0.2, 0) is 9.59 Å². The van der Waals surface area contributed by atoms with E-state index in [2.05, 4.69) is 15.2 Å². The van der Waals surface area contributed by atoms with Crippen molar-refractivity contribution >= 4 is 29.0 Å². The molecule has 1 N–H and O–H groups in total. The molecule has 26 heavy (non-hydrogen) atoms. The molecule has 2 fully saturated rings. The number of para-hydroxylation sites is 2. The standard InChI is InChI=1S/C19H22N4O3/c24-17(20-14-5-6-14)13-22-9-11-23(12-10-22)19(25)8-7-18-21-15-3-1-2-4-16(15)26-18/h1-4,7-8,14H,5-6,9-13H2,(H,20,24). The molecule has 1 saturated carbocycles. The predicted molar refractivity (Wildman–Crippen MR) is 97.2 cm³/mol. The van der Waals surface area contributed by atoms with E-state index in [1.807, 2.05) is 24.3 Å². The van der Waals surface area contributed by atoms with Crippen LogP contribution in [0.15, 0.2) is 34.8 Å². The average Bonchev–Trinajstić information content (AvgIpc) is 3.35. The molecule has 0 spiro atoms. The lowest BCUT2D eigenvalue weighted by atomic mass is 10.3. The Bertz CT molecular complexity index is 799. The zero-order valence-corrected chi connectivity index (χ0v) is 14.6. The number of hydrogen-bond acceptors (Lipinski definition) is 5. The summed E-state index contributed by atoms with van der Waals surface area (Å²) in [6, 6.07) is 7.89. The van der Waals surface area contributed by atoms with Crippen LogP contribution < -0.4 is 5.32 Å². The van der Waals surface area contributed by atoms with E-state index >= 15 is 0 Å². The van der Waals surface area contributed by atoms with E-state index in [0.717, 1.165) is 18.4 Å². The van der Waals surface area contributed by atoms with Crippen LogP contribution in [0.3, 0.4) is 0 Å². The third-order valence-corrected chi connectivity index (χ3v) is 4.67. The summed E-state index contributed by atoms with van der Waals surface area (Å²) in [4.78, 5) is 32.4. The van der Waals surface area contributed by atoms with Crippen molar-refractivity contribution in [2.24, 2.45) is 0 Å². The molecule has 1 saturated heterocycles. The Hall–Kier alpha value is -2.67. The highest BCUT2D eigenvalue weighted by Gasteiger charge is 2.25. The quantitative estimate of drug-likeness (QED) is 0.818. The molecular weight excluding hydrogens is 332 g/mol. The first kappa shape index (κ1) is 16.8. The third kappa shape index (κ3) is 4.11. The molecule has 1 aliphatic heterocycles. The second-order valence-corrected chi connectivity index (χ2v) is 6.80. The van der Waals surface area contributed by atoms with Gasteiger partial charge in [-0.15, -0.1) is 0 Å². The van der Waals surface area contributed by atoms with Crippen LogP contribution in [0.1, 0.15) is 18.7 Å². The summed E-state index contributed by atoms with van der Waals surface area (Å²) in [6.45, 7) is 3.07. The lowest BCUT2D eigenvalue weighted by molar-refractivity contribution is -0.128. The monoisotopic (exact) mass is 354 g/mol. The van der Waals surface area contributed by atoms with E-state index < -0.39 is 0 Å². The van der Waals surface area contributed by atoms with E-state index in [4.69, 9.17) is 4.42 Å². The van der Waals surface area contributed by atoms with Gasteiger partial charge in [0, 0.05) is 44.4 Å². The lowest BCUT2D eigenvalue weighted by Crippen LogP contribution is -2.51. The number of fused-ring (bicyclic) bond motifs is 1. The second-order valence-electron chi connectivity index (χ2n) is 6.80. The minimum absolute atomic E-state index is 0.0608. The second kappa shape index (κ2) is 7.29. The Balaban J connectivity index is 1.27. The first-order valence-corrected chi connectivity index (χ1v) is 9.02. The molecule has 136 valence electrons. The van der Waals surface area contributed by atoms with Gasteiger partial charge in [0.05, 0.1) is 6.54 Å². The van der Waals surface area contributed by atoms with Crippen LogP contribution in [0.25, 0.3) is 17.2 Å². The molecule has 1 aromatic heterocycles. The summed E-state index contributed by atoms with van der Waals surface area (Å²) in [5.41, 5.74) is 1.48. The number of benzene rings is 1. The van der Waals surface area contributed by atoms with Crippen molar-refractivity contribution in [2.45, 2.75) is 18.9 Å². The van der Waals surface area contributed by atoms with Crippen molar-refractivity contribution in [3.05, 3.63) is 36.2 Å². The molecule has 4 rings (SSSR count). The highest BCUT2D eigenvalue weighted by Crippen LogP contribution is 2.18. The zero-order chi connectivity index (χ0) is 17.9. The van der Waals surface area contributed by atoms with Crippen LogP contribution in [0, 0.1) is 0 Å². The van der Waals surface area contributed by atoms with Crippen LogP contribution in [-0.4, -0.2) is 65.4 Å². The maximum absolute atomic E-state index is 12.3. The van der Waals surface area contributed by atoms with Gasteiger partial charge in [0.25, 0.3) is 0 Å². The van der Waals surface area contributed by atoms with Gasteiger partial charge in [-0.05, 0) is 25.0 Å². The molecular formula is C19H22N4O3. The number of rotatable bonds is 5. The molecule has 1 aliphatic carbocycles. The first-order chi connectivity index (χ1) is 12.7. The van der Waals surface area contributed by atoms with Crippen molar-refractivity contribution in [3.63, 3.8) is 0 Å². The topological polar surface area (TPSA) is 78.7 Å². The molecule has 2 aliphatic rings. The van der Waals surface area contributed by atoms with E-state index in [1.54, 1.807) is 11.0 Å². The number of oxazole rings is 1. The van der Waals surface area contributed by atoms with Crippen molar-refractivity contribution in [2.75, 3.05) is 32.7 Å². The van der Waals surface area contributed by atoms with Crippen LogP contribution in [0.2, 0.25) is 0 Å². The lowest BCUT2D eigenvalue weighted by Gasteiger charge is -2.33. The Morgan fingerprint density at radius 1 is 1.19 bits per heavy atom. The van der Waals surface area contributed by atoms with Crippen LogP contribution >= 0.6 is 0 Å². The normalized spacial score (nSPS) is 18.5.